The molecule has 2 aromatic rings. The van der Waals surface area contributed by atoms with E-state index in [1.165, 1.54) is 12.1 Å². The molecule has 2 rings (SSSR count). The molecule has 0 amide bonds. The van der Waals surface area contributed by atoms with Crippen LogP contribution >= 0.6 is 0 Å². The van der Waals surface area contributed by atoms with E-state index in [0.717, 1.165) is 12.1 Å². The molecule has 2 aromatic carbocycles. The molecule has 19 heavy (non-hydrogen) atoms. The summed E-state index contributed by atoms with van der Waals surface area (Å²) < 4.78 is 39.8. The Morgan fingerprint density at radius 1 is 0.842 bits per heavy atom. The highest BCUT2D eigenvalue weighted by Gasteiger charge is 2.25. The number of hydrogen-bond donors (Lipinski definition) is 1. The lowest BCUT2D eigenvalue weighted by Gasteiger charge is -2.26. The number of rotatable bonds is 2. The van der Waals surface area contributed by atoms with Crippen LogP contribution in [0.5, 0.6) is 0 Å². The Morgan fingerprint density at radius 2 is 1.37 bits per heavy atom. The Balaban J connectivity index is 2.51. The predicted octanol–water partition coefficient (Wildman–Crippen LogP) is 3.63. The molecule has 0 aliphatic rings. The number of benzene rings is 2. The fraction of sp³-hybridized carbons (Fsp3) is 0.200. The van der Waals surface area contributed by atoms with Crippen LogP contribution in [0, 0.1) is 24.4 Å². The van der Waals surface area contributed by atoms with E-state index in [-0.39, 0.29) is 5.82 Å². The Bertz CT molecular complexity index is 567. The van der Waals surface area contributed by atoms with Crippen molar-refractivity contribution in [2.24, 2.45) is 5.73 Å². The maximum absolute atomic E-state index is 13.6. The number of hydrogen-bond acceptors (Lipinski definition) is 1. The summed E-state index contributed by atoms with van der Waals surface area (Å²) in [7, 11) is 0. The summed E-state index contributed by atoms with van der Waals surface area (Å²) in [6, 6.07) is 8.05. The maximum atomic E-state index is 13.6. The van der Waals surface area contributed by atoms with Crippen molar-refractivity contribution in [2.75, 3.05) is 0 Å². The van der Waals surface area contributed by atoms with Crippen LogP contribution in [0.1, 0.15) is 23.6 Å². The molecule has 1 atom stereocenters. The molecule has 2 N–H and O–H groups in total. The maximum Gasteiger partial charge on any atom is 0.159 e. The van der Waals surface area contributed by atoms with E-state index in [1.807, 2.05) is 0 Å². The second kappa shape index (κ2) is 4.70. The van der Waals surface area contributed by atoms with Gasteiger partial charge in [0.25, 0.3) is 0 Å². The lowest BCUT2D eigenvalue weighted by molar-refractivity contribution is 0.499. The van der Waals surface area contributed by atoms with Crippen LogP contribution in [0.25, 0.3) is 0 Å². The molecule has 0 fully saturated rings. The van der Waals surface area contributed by atoms with Crippen LogP contribution in [0.3, 0.4) is 0 Å². The largest absolute Gasteiger partial charge is 0.318 e. The van der Waals surface area contributed by atoms with Gasteiger partial charge in [0, 0.05) is 0 Å². The van der Waals surface area contributed by atoms with Gasteiger partial charge in [-0.05, 0) is 48.7 Å². The fourth-order valence-corrected chi connectivity index (χ4v) is 1.90. The molecule has 0 heterocycles. The zero-order valence-electron chi connectivity index (χ0n) is 10.7. The minimum absolute atomic E-state index is 0.378. The third-order valence-corrected chi connectivity index (χ3v) is 3.29. The van der Waals surface area contributed by atoms with Crippen LogP contribution in [-0.2, 0) is 5.54 Å². The number of halogens is 3. The SMILES string of the molecule is Cc1ccc(C(C)(N)c2ccc(F)c(F)c2)cc1F. The van der Waals surface area contributed by atoms with E-state index in [1.54, 1.807) is 26.0 Å². The van der Waals surface area contributed by atoms with E-state index in [2.05, 4.69) is 0 Å². The number of aryl methyl sites for hydroxylation is 1. The molecular weight excluding hydrogens is 251 g/mol. The summed E-state index contributed by atoms with van der Waals surface area (Å²) in [4.78, 5) is 0. The van der Waals surface area contributed by atoms with Gasteiger partial charge in [-0.15, -0.1) is 0 Å². The van der Waals surface area contributed by atoms with Crippen molar-refractivity contribution in [1.29, 1.82) is 0 Å². The number of nitrogens with two attached hydrogens (primary N) is 1. The Labute approximate surface area is 109 Å². The third-order valence-electron chi connectivity index (χ3n) is 3.29. The van der Waals surface area contributed by atoms with E-state index < -0.39 is 17.2 Å². The van der Waals surface area contributed by atoms with Gasteiger partial charge < -0.3 is 5.73 Å². The first kappa shape index (κ1) is 13.6. The minimum Gasteiger partial charge on any atom is -0.318 e. The lowest BCUT2D eigenvalue weighted by Crippen LogP contribution is -2.34. The molecule has 0 aliphatic heterocycles. The quantitative estimate of drug-likeness (QED) is 0.881. The molecular formula is C15H14F3N. The monoisotopic (exact) mass is 265 g/mol. The molecule has 1 unspecified atom stereocenters. The third kappa shape index (κ3) is 2.49. The average Bonchev–Trinajstić information content (AvgIpc) is 2.35. The van der Waals surface area contributed by atoms with E-state index in [4.69, 9.17) is 5.73 Å². The molecule has 100 valence electrons. The average molecular weight is 265 g/mol. The minimum atomic E-state index is -1.09. The summed E-state index contributed by atoms with van der Waals surface area (Å²) in [5.74, 6) is -2.28. The van der Waals surface area contributed by atoms with Crippen LogP contribution in [0.4, 0.5) is 13.2 Å². The first-order valence-corrected chi connectivity index (χ1v) is 5.83. The van der Waals surface area contributed by atoms with Crippen molar-refractivity contribution in [3.8, 4) is 0 Å². The van der Waals surface area contributed by atoms with E-state index >= 15 is 0 Å². The summed E-state index contributed by atoms with van der Waals surface area (Å²) in [5, 5.41) is 0. The molecule has 0 saturated heterocycles. The first-order chi connectivity index (χ1) is 8.82. The molecule has 1 nitrogen and oxygen atoms in total. The summed E-state index contributed by atoms with van der Waals surface area (Å²) in [5.41, 5.74) is 6.44. The molecule has 0 spiro atoms. The van der Waals surface area contributed by atoms with Gasteiger partial charge in [-0.2, -0.15) is 0 Å². The highest BCUT2D eigenvalue weighted by molar-refractivity contribution is 5.38. The van der Waals surface area contributed by atoms with Crippen molar-refractivity contribution in [3.63, 3.8) is 0 Å². The van der Waals surface area contributed by atoms with Crippen molar-refractivity contribution >= 4 is 0 Å². The van der Waals surface area contributed by atoms with Gasteiger partial charge in [0.2, 0.25) is 0 Å². The molecule has 0 radical (unpaired) electrons. The zero-order chi connectivity index (χ0) is 14.2. The molecule has 0 aromatic heterocycles. The second-order valence-corrected chi connectivity index (χ2v) is 4.80. The Morgan fingerprint density at radius 3 is 1.89 bits per heavy atom. The van der Waals surface area contributed by atoms with Gasteiger partial charge in [0.05, 0.1) is 5.54 Å². The Kier molecular flexibility index (Phi) is 3.37. The molecule has 0 saturated carbocycles. The first-order valence-electron chi connectivity index (χ1n) is 5.83. The summed E-state index contributed by atoms with van der Waals surface area (Å²) in [6.45, 7) is 3.27. The van der Waals surface area contributed by atoms with Crippen LogP contribution in [0.2, 0.25) is 0 Å². The molecule has 0 bridgehead atoms. The summed E-state index contributed by atoms with van der Waals surface area (Å²) >= 11 is 0. The van der Waals surface area contributed by atoms with E-state index in [9.17, 15) is 13.2 Å². The van der Waals surface area contributed by atoms with Gasteiger partial charge >= 0.3 is 0 Å². The van der Waals surface area contributed by atoms with Crippen molar-refractivity contribution in [2.45, 2.75) is 19.4 Å². The van der Waals surface area contributed by atoms with Crippen molar-refractivity contribution in [1.82, 2.24) is 0 Å². The van der Waals surface area contributed by atoms with Gasteiger partial charge in [-0.1, -0.05) is 18.2 Å². The smallest absolute Gasteiger partial charge is 0.159 e. The van der Waals surface area contributed by atoms with Crippen molar-refractivity contribution in [3.05, 3.63) is 70.5 Å². The predicted molar refractivity (Wildman–Crippen MR) is 68.1 cm³/mol. The van der Waals surface area contributed by atoms with Gasteiger partial charge in [0.1, 0.15) is 5.82 Å². The Hall–Kier alpha value is -1.81. The van der Waals surface area contributed by atoms with Gasteiger partial charge in [0.15, 0.2) is 11.6 Å². The zero-order valence-corrected chi connectivity index (χ0v) is 10.7. The second-order valence-electron chi connectivity index (χ2n) is 4.80. The topological polar surface area (TPSA) is 26.0 Å². The lowest BCUT2D eigenvalue weighted by atomic mass is 9.85. The van der Waals surface area contributed by atoms with Crippen molar-refractivity contribution < 1.29 is 13.2 Å². The fourth-order valence-electron chi connectivity index (χ4n) is 1.90. The van der Waals surface area contributed by atoms with Gasteiger partial charge in [-0.3, -0.25) is 0 Å². The van der Waals surface area contributed by atoms with Crippen LogP contribution < -0.4 is 5.73 Å². The molecule has 0 aliphatic carbocycles. The van der Waals surface area contributed by atoms with Gasteiger partial charge in [-0.25, -0.2) is 13.2 Å². The molecule has 4 heteroatoms. The van der Waals surface area contributed by atoms with Crippen LogP contribution in [0.15, 0.2) is 36.4 Å². The standard InChI is InChI=1S/C15H14F3N/c1-9-3-4-10(7-13(9)17)15(2,19)11-5-6-12(16)14(18)8-11/h3-8H,19H2,1-2H3. The van der Waals surface area contributed by atoms with Crippen LogP contribution in [-0.4, -0.2) is 0 Å². The highest BCUT2D eigenvalue weighted by Crippen LogP contribution is 2.28. The summed E-state index contributed by atoms with van der Waals surface area (Å²) in [6.07, 6.45) is 0. The normalized spacial score (nSPS) is 14.2. The highest BCUT2D eigenvalue weighted by atomic mass is 19.2. The van der Waals surface area contributed by atoms with E-state index in [0.29, 0.717) is 16.7 Å².